The first kappa shape index (κ1) is 23.2. The molecule has 7 heteroatoms. The summed E-state index contributed by atoms with van der Waals surface area (Å²) in [5.41, 5.74) is 1.38. The highest BCUT2D eigenvalue weighted by Gasteiger charge is 2.41. The van der Waals surface area contributed by atoms with Crippen molar-refractivity contribution in [3.8, 4) is 17.2 Å². The van der Waals surface area contributed by atoms with E-state index in [2.05, 4.69) is 4.98 Å². The van der Waals surface area contributed by atoms with Gasteiger partial charge in [0.05, 0.1) is 12.3 Å². The molecule has 0 radical (unpaired) electrons. The Hall–Kier alpha value is -3.45. The number of carbonyl (C=O) groups is 1. The number of aliphatic carboxylic acids is 1. The zero-order chi connectivity index (χ0) is 23.1. The van der Waals surface area contributed by atoms with Crippen LogP contribution in [-0.2, 0) is 22.4 Å². The number of aryl methyl sites for hydroxylation is 1. The topological polar surface area (TPSA) is 106 Å². The normalized spacial score (nSPS) is 13.8. The lowest BCUT2D eigenvalue weighted by atomic mass is 9.78. The lowest BCUT2D eigenvalue weighted by Crippen LogP contribution is -2.43. The third-order valence-corrected chi connectivity index (χ3v) is 5.54. The van der Waals surface area contributed by atoms with Gasteiger partial charge in [-0.15, -0.1) is 0 Å². The quantitative estimate of drug-likeness (QED) is 0.427. The molecule has 0 bridgehead atoms. The standard InChI is InChI=1S/C25H28N2O5/c1-17-21(27-23(32-17)19-7-5-4-6-8-19)13-14-31-20-11-9-18(10-12-20)15-25(2,24(28)29)22(16-26)30-3/h4-12,16,22,26H,13-15H2,1-3H3,(H,28,29). The first-order chi connectivity index (χ1) is 15.4. The molecule has 0 aliphatic carbocycles. The number of methoxy groups -OCH3 is 1. The van der Waals surface area contributed by atoms with Crippen LogP contribution in [0.1, 0.15) is 23.9 Å². The molecule has 1 aromatic heterocycles. The molecule has 0 saturated heterocycles. The summed E-state index contributed by atoms with van der Waals surface area (Å²) >= 11 is 0. The summed E-state index contributed by atoms with van der Waals surface area (Å²) in [5.74, 6) is 1.05. The van der Waals surface area contributed by atoms with E-state index in [-0.39, 0.29) is 6.42 Å². The number of oxazole rings is 1. The van der Waals surface area contributed by atoms with Crippen LogP contribution in [0, 0.1) is 17.7 Å². The Morgan fingerprint density at radius 1 is 1.22 bits per heavy atom. The van der Waals surface area contributed by atoms with E-state index < -0.39 is 17.5 Å². The van der Waals surface area contributed by atoms with Gasteiger partial charge in [-0.25, -0.2) is 4.98 Å². The van der Waals surface area contributed by atoms with Crippen LogP contribution in [-0.4, -0.2) is 42.1 Å². The van der Waals surface area contributed by atoms with Gasteiger partial charge in [0, 0.05) is 25.3 Å². The SMILES string of the molecule is COC(C=N)C(C)(Cc1ccc(OCCc2nc(-c3ccccc3)oc2C)cc1)C(=O)O. The number of carboxylic acids is 1. The highest BCUT2D eigenvalue weighted by molar-refractivity contribution is 5.81. The van der Waals surface area contributed by atoms with Crippen molar-refractivity contribution in [1.82, 2.24) is 4.98 Å². The molecule has 2 N–H and O–H groups in total. The van der Waals surface area contributed by atoms with Gasteiger partial charge in [0.1, 0.15) is 23.0 Å². The number of benzene rings is 2. The molecule has 3 rings (SSSR count). The van der Waals surface area contributed by atoms with Crippen LogP contribution in [0.15, 0.2) is 59.0 Å². The van der Waals surface area contributed by atoms with Crippen molar-refractivity contribution >= 4 is 12.2 Å². The molecular weight excluding hydrogens is 408 g/mol. The predicted molar refractivity (Wildman–Crippen MR) is 121 cm³/mol. The third kappa shape index (κ3) is 5.23. The molecule has 2 aromatic carbocycles. The van der Waals surface area contributed by atoms with Crippen LogP contribution in [0.25, 0.3) is 11.5 Å². The number of carboxylic acid groups (broad SMARTS) is 1. The largest absolute Gasteiger partial charge is 0.493 e. The number of nitrogens with one attached hydrogen (secondary N) is 1. The van der Waals surface area contributed by atoms with E-state index in [4.69, 9.17) is 19.3 Å². The Bertz CT molecular complexity index is 1050. The Morgan fingerprint density at radius 3 is 2.50 bits per heavy atom. The molecule has 1 heterocycles. The summed E-state index contributed by atoms with van der Waals surface area (Å²) in [7, 11) is 1.41. The van der Waals surface area contributed by atoms with Crippen molar-refractivity contribution in [3.63, 3.8) is 0 Å². The summed E-state index contributed by atoms with van der Waals surface area (Å²) in [6.45, 7) is 3.92. The molecule has 0 amide bonds. The summed E-state index contributed by atoms with van der Waals surface area (Å²) in [5, 5.41) is 17.2. The average molecular weight is 437 g/mol. The van der Waals surface area contributed by atoms with Crippen molar-refractivity contribution in [2.24, 2.45) is 5.41 Å². The molecule has 0 fully saturated rings. The number of aromatic nitrogens is 1. The number of ether oxygens (including phenoxy) is 2. The highest BCUT2D eigenvalue weighted by Crippen LogP contribution is 2.29. The minimum absolute atomic E-state index is 0.233. The highest BCUT2D eigenvalue weighted by atomic mass is 16.5. The minimum Gasteiger partial charge on any atom is -0.493 e. The Labute approximate surface area is 187 Å². The van der Waals surface area contributed by atoms with Gasteiger partial charge in [0.25, 0.3) is 0 Å². The van der Waals surface area contributed by atoms with E-state index in [1.54, 1.807) is 6.92 Å². The van der Waals surface area contributed by atoms with Crippen LogP contribution in [0.4, 0.5) is 0 Å². The summed E-state index contributed by atoms with van der Waals surface area (Å²) in [6, 6.07) is 17.1. The molecule has 0 aliphatic rings. The van der Waals surface area contributed by atoms with Gasteiger partial charge in [-0.2, -0.15) is 0 Å². The van der Waals surface area contributed by atoms with Crippen LogP contribution in [0.5, 0.6) is 5.75 Å². The predicted octanol–water partition coefficient (Wildman–Crippen LogP) is 4.57. The molecule has 32 heavy (non-hydrogen) atoms. The number of rotatable bonds is 11. The number of nitrogens with zero attached hydrogens (tertiary/aromatic N) is 1. The van der Waals surface area contributed by atoms with Crippen molar-refractivity contribution in [1.29, 1.82) is 5.41 Å². The molecule has 0 saturated carbocycles. The van der Waals surface area contributed by atoms with Crippen molar-refractivity contribution in [2.75, 3.05) is 13.7 Å². The van der Waals surface area contributed by atoms with E-state index in [1.165, 1.54) is 7.11 Å². The fourth-order valence-corrected chi connectivity index (χ4v) is 3.57. The van der Waals surface area contributed by atoms with Crippen molar-refractivity contribution in [3.05, 3.63) is 71.6 Å². The maximum atomic E-state index is 11.8. The van der Waals surface area contributed by atoms with Crippen molar-refractivity contribution < 1.29 is 23.8 Å². The molecular formula is C25H28N2O5. The second-order valence-electron chi connectivity index (χ2n) is 7.85. The van der Waals surface area contributed by atoms with E-state index in [0.29, 0.717) is 24.7 Å². The molecule has 168 valence electrons. The zero-order valence-corrected chi connectivity index (χ0v) is 18.5. The van der Waals surface area contributed by atoms with Gasteiger partial charge < -0.3 is 24.4 Å². The van der Waals surface area contributed by atoms with Crippen LogP contribution in [0.2, 0.25) is 0 Å². The fraction of sp³-hybridized carbons (Fsp3) is 0.320. The molecule has 7 nitrogen and oxygen atoms in total. The first-order valence-corrected chi connectivity index (χ1v) is 10.4. The summed E-state index contributed by atoms with van der Waals surface area (Å²) < 4.78 is 16.8. The third-order valence-electron chi connectivity index (χ3n) is 5.54. The van der Waals surface area contributed by atoms with Gasteiger partial charge in [0.2, 0.25) is 5.89 Å². The Balaban J connectivity index is 1.59. The fourth-order valence-electron chi connectivity index (χ4n) is 3.57. The number of hydrogen-bond donors (Lipinski definition) is 2. The van der Waals surface area contributed by atoms with E-state index in [1.807, 2.05) is 61.5 Å². The smallest absolute Gasteiger partial charge is 0.312 e. The molecule has 0 spiro atoms. The second-order valence-corrected chi connectivity index (χ2v) is 7.85. The maximum Gasteiger partial charge on any atom is 0.312 e. The first-order valence-electron chi connectivity index (χ1n) is 10.4. The van der Waals surface area contributed by atoms with E-state index in [0.717, 1.165) is 28.8 Å². The lowest BCUT2D eigenvalue weighted by molar-refractivity contribution is -0.153. The molecule has 2 atom stereocenters. The lowest BCUT2D eigenvalue weighted by Gasteiger charge is -2.30. The molecule has 2 unspecified atom stereocenters. The van der Waals surface area contributed by atoms with E-state index in [9.17, 15) is 9.90 Å². The van der Waals surface area contributed by atoms with Gasteiger partial charge in [0.15, 0.2) is 0 Å². The monoisotopic (exact) mass is 436 g/mol. The zero-order valence-electron chi connectivity index (χ0n) is 18.5. The maximum absolute atomic E-state index is 11.8. The van der Waals surface area contributed by atoms with Gasteiger partial charge >= 0.3 is 5.97 Å². The average Bonchev–Trinajstić information content (AvgIpc) is 3.17. The summed E-state index contributed by atoms with van der Waals surface area (Å²) in [4.78, 5) is 16.4. The molecule has 0 aliphatic heterocycles. The Kier molecular flexibility index (Phi) is 7.43. The van der Waals surface area contributed by atoms with Crippen LogP contribution in [0.3, 0.4) is 0 Å². The van der Waals surface area contributed by atoms with Crippen LogP contribution >= 0.6 is 0 Å². The summed E-state index contributed by atoms with van der Waals surface area (Å²) in [6.07, 6.45) is 1.05. The van der Waals surface area contributed by atoms with Gasteiger partial charge in [-0.1, -0.05) is 30.3 Å². The second kappa shape index (κ2) is 10.2. The minimum atomic E-state index is -1.24. The van der Waals surface area contributed by atoms with Gasteiger partial charge in [-0.05, 0) is 50.1 Å². The number of hydrogen-bond acceptors (Lipinski definition) is 6. The van der Waals surface area contributed by atoms with Crippen LogP contribution < -0.4 is 4.74 Å². The molecule has 3 aromatic rings. The Morgan fingerprint density at radius 2 is 1.91 bits per heavy atom. The van der Waals surface area contributed by atoms with Gasteiger partial charge in [-0.3, -0.25) is 4.79 Å². The van der Waals surface area contributed by atoms with E-state index >= 15 is 0 Å². The van der Waals surface area contributed by atoms with Crippen molar-refractivity contribution in [2.45, 2.75) is 32.8 Å².